The minimum atomic E-state index is -3.19. The van der Waals surface area contributed by atoms with Crippen LogP contribution >= 0.6 is 0 Å². The Morgan fingerprint density at radius 2 is 1.59 bits per heavy atom. The van der Waals surface area contributed by atoms with Crippen molar-refractivity contribution in [2.24, 2.45) is 0 Å². The van der Waals surface area contributed by atoms with Gasteiger partial charge in [0.15, 0.2) is 9.84 Å². The van der Waals surface area contributed by atoms with E-state index in [9.17, 15) is 17.6 Å². The average Bonchev–Trinajstić information content (AvgIpc) is 2.64. The van der Waals surface area contributed by atoms with Crippen LogP contribution in [0, 0.1) is 5.82 Å². The average molecular weight is 433 g/mol. The lowest BCUT2D eigenvalue weighted by Gasteiger charge is -2.37. The van der Waals surface area contributed by atoms with Crippen LogP contribution in [0.25, 0.3) is 0 Å². The number of anilines is 1. The van der Waals surface area contributed by atoms with Crippen LogP contribution < -0.4 is 4.90 Å². The second kappa shape index (κ2) is 12.0. The van der Waals surface area contributed by atoms with Crippen LogP contribution in [0.4, 0.5) is 14.9 Å². The first-order valence-electron chi connectivity index (χ1n) is 10.1. The molecule has 0 N–H and O–H groups in total. The van der Waals surface area contributed by atoms with Gasteiger partial charge in [-0.25, -0.2) is 17.6 Å². The van der Waals surface area contributed by atoms with Gasteiger partial charge in [-0.05, 0) is 38.5 Å². The molecule has 0 aliphatic carbocycles. The molecule has 29 heavy (non-hydrogen) atoms. The number of hydrogen-bond acceptors (Lipinski definition) is 5. The van der Waals surface area contributed by atoms with Gasteiger partial charge in [0.1, 0.15) is 11.4 Å². The standard InChI is InChI=1S/C17H25FN2O4S.2C2H6/c1-17(2,3)24-16(21)20-9-7-19(8-10-20)15-11-13(5-6-14(15)18)12-25(4,22)23;2*1-2/h5-6,11H,7-10,12H2,1-4H3;2*1-2H3. The van der Waals surface area contributed by atoms with Crippen molar-refractivity contribution in [1.82, 2.24) is 4.90 Å². The molecule has 1 saturated heterocycles. The van der Waals surface area contributed by atoms with E-state index in [4.69, 9.17) is 4.74 Å². The lowest BCUT2D eigenvalue weighted by Crippen LogP contribution is -2.50. The zero-order chi connectivity index (χ0) is 22.8. The molecule has 1 amide bonds. The molecular formula is C21H37FN2O4S. The number of halogens is 1. The first-order valence-corrected chi connectivity index (χ1v) is 12.2. The SMILES string of the molecule is CC.CC.CC(C)(C)OC(=O)N1CCN(c2cc(CS(C)(=O)=O)ccc2F)CC1. The van der Waals surface area contributed by atoms with Crippen molar-refractivity contribution in [3.63, 3.8) is 0 Å². The Morgan fingerprint density at radius 3 is 2.03 bits per heavy atom. The summed E-state index contributed by atoms with van der Waals surface area (Å²) in [4.78, 5) is 15.5. The molecule has 8 heteroatoms. The fraction of sp³-hybridized carbons (Fsp3) is 0.667. The third kappa shape index (κ3) is 9.96. The molecule has 6 nitrogen and oxygen atoms in total. The number of carbonyl (C=O) groups is 1. The maximum absolute atomic E-state index is 14.2. The molecule has 0 unspecified atom stereocenters. The molecule has 2 rings (SSSR count). The molecule has 1 aromatic carbocycles. The van der Waals surface area contributed by atoms with Crippen molar-refractivity contribution >= 4 is 21.6 Å². The molecule has 1 fully saturated rings. The summed E-state index contributed by atoms with van der Waals surface area (Å²) < 4.78 is 42.4. The summed E-state index contributed by atoms with van der Waals surface area (Å²) in [6.07, 6.45) is 0.772. The maximum Gasteiger partial charge on any atom is 0.410 e. The van der Waals surface area contributed by atoms with Gasteiger partial charge in [0.2, 0.25) is 0 Å². The third-order valence-electron chi connectivity index (χ3n) is 3.71. The smallest absolute Gasteiger partial charge is 0.410 e. The quantitative estimate of drug-likeness (QED) is 0.704. The molecule has 0 aromatic heterocycles. The maximum atomic E-state index is 14.2. The van der Waals surface area contributed by atoms with Crippen LogP contribution in [0.1, 0.15) is 54.0 Å². The summed E-state index contributed by atoms with van der Waals surface area (Å²) in [6.45, 7) is 15.2. The Balaban J connectivity index is 0.00000184. The number of piperazine rings is 1. The topological polar surface area (TPSA) is 66.9 Å². The number of ether oxygens (including phenoxy) is 1. The van der Waals surface area contributed by atoms with Gasteiger partial charge in [0.25, 0.3) is 0 Å². The largest absolute Gasteiger partial charge is 0.444 e. The van der Waals surface area contributed by atoms with Crippen molar-refractivity contribution in [2.45, 2.75) is 59.8 Å². The van der Waals surface area contributed by atoms with Crippen molar-refractivity contribution in [3.05, 3.63) is 29.6 Å². The number of carbonyl (C=O) groups excluding carboxylic acids is 1. The monoisotopic (exact) mass is 432 g/mol. The van der Waals surface area contributed by atoms with Crippen molar-refractivity contribution in [1.29, 1.82) is 0 Å². The number of rotatable bonds is 3. The molecule has 0 radical (unpaired) electrons. The zero-order valence-corrected chi connectivity index (χ0v) is 19.9. The predicted molar refractivity (Wildman–Crippen MR) is 118 cm³/mol. The van der Waals surface area contributed by atoms with Crippen LogP contribution in [0.2, 0.25) is 0 Å². The highest BCUT2D eigenvalue weighted by Gasteiger charge is 2.27. The summed E-state index contributed by atoms with van der Waals surface area (Å²) in [6, 6.07) is 4.34. The van der Waals surface area contributed by atoms with Gasteiger partial charge in [0.05, 0.1) is 11.4 Å². The molecule has 0 saturated carbocycles. The van der Waals surface area contributed by atoms with Gasteiger partial charge in [0, 0.05) is 32.4 Å². The fourth-order valence-electron chi connectivity index (χ4n) is 2.65. The third-order valence-corrected chi connectivity index (χ3v) is 4.57. The van der Waals surface area contributed by atoms with E-state index >= 15 is 0 Å². The molecule has 1 aliphatic rings. The Hall–Kier alpha value is -1.83. The summed E-state index contributed by atoms with van der Waals surface area (Å²) in [5.74, 6) is -0.527. The first kappa shape index (κ1) is 27.2. The summed E-state index contributed by atoms with van der Waals surface area (Å²) in [7, 11) is -3.19. The predicted octanol–water partition coefficient (Wildman–Crippen LogP) is 4.48. The van der Waals surface area contributed by atoms with Gasteiger partial charge in [-0.15, -0.1) is 0 Å². The molecule has 1 aromatic rings. The first-order chi connectivity index (χ1) is 13.4. The van der Waals surface area contributed by atoms with E-state index in [1.54, 1.807) is 11.0 Å². The van der Waals surface area contributed by atoms with E-state index in [0.29, 0.717) is 37.4 Å². The fourth-order valence-corrected chi connectivity index (χ4v) is 3.43. The Bertz CT molecular complexity index is 738. The van der Waals surface area contributed by atoms with Gasteiger partial charge in [-0.3, -0.25) is 0 Å². The minimum absolute atomic E-state index is 0.127. The second-order valence-corrected chi connectivity index (χ2v) is 9.45. The lowest BCUT2D eigenvalue weighted by atomic mass is 10.1. The van der Waals surface area contributed by atoms with Crippen LogP contribution in [0.5, 0.6) is 0 Å². The second-order valence-electron chi connectivity index (χ2n) is 7.31. The number of benzene rings is 1. The molecular weight excluding hydrogens is 395 g/mol. The molecule has 1 heterocycles. The van der Waals surface area contributed by atoms with E-state index in [1.165, 1.54) is 12.1 Å². The normalized spacial score (nSPS) is 14.2. The molecule has 0 atom stereocenters. The Labute approximate surface area is 175 Å². The highest BCUT2D eigenvalue weighted by atomic mass is 32.2. The van der Waals surface area contributed by atoms with Gasteiger partial charge < -0.3 is 14.5 Å². The molecule has 1 aliphatic heterocycles. The van der Waals surface area contributed by atoms with Gasteiger partial charge in [-0.2, -0.15) is 0 Å². The highest BCUT2D eigenvalue weighted by molar-refractivity contribution is 7.89. The number of amides is 1. The lowest BCUT2D eigenvalue weighted by molar-refractivity contribution is 0.0240. The summed E-state index contributed by atoms with van der Waals surface area (Å²) in [5, 5.41) is 0. The van der Waals surface area contributed by atoms with Crippen LogP contribution in [-0.4, -0.2) is 57.4 Å². The Kier molecular flexibility index (Phi) is 11.2. The van der Waals surface area contributed by atoms with Crippen LogP contribution in [0.3, 0.4) is 0 Å². The minimum Gasteiger partial charge on any atom is -0.444 e. The van der Waals surface area contributed by atoms with Gasteiger partial charge >= 0.3 is 6.09 Å². The van der Waals surface area contributed by atoms with E-state index in [1.807, 2.05) is 53.4 Å². The van der Waals surface area contributed by atoms with Crippen molar-refractivity contribution < 1.29 is 22.3 Å². The van der Waals surface area contributed by atoms with Gasteiger partial charge in [-0.1, -0.05) is 33.8 Å². The van der Waals surface area contributed by atoms with E-state index < -0.39 is 21.3 Å². The van der Waals surface area contributed by atoms with E-state index in [2.05, 4.69) is 0 Å². The molecule has 0 spiro atoms. The van der Waals surface area contributed by atoms with Crippen molar-refractivity contribution in [2.75, 3.05) is 37.3 Å². The highest BCUT2D eigenvalue weighted by Crippen LogP contribution is 2.24. The molecule has 0 bridgehead atoms. The van der Waals surface area contributed by atoms with Crippen LogP contribution in [-0.2, 0) is 20.3 Å². The van der Waals surface area contributed by atoms with E-state index in [-0.39, 0.29) is 11.8 Å². The zero-order valence-electron chi connectivity index (χ0n) is 19.1. The molecule has 168 valence electrons. The Morgan fingerprint density at radius 1 is 1.07 bits per heavy atom. The number of sulfone groups is 1. The van der Waals surface area contributed by atoms with Crippen molar-refractivity contribution in [3.8, 4) is 0 Å². The van der Waals surface area contributed by atoms with E-state index in [0.717, 1.165) is 6.26 Å². The number of nitrogens with zero attached hydrogens (tertiary/aromatic N) is 2. The number of hydrogen-bond donors (Lipinski definition) is 0. The summed E-state index contributed by atoms with van der Waals surface area (Å²) >= 11 is 0. The summed E-state index contributed by atoms with van der Waals surface area (Å²) in [5.41, 5.74) is 0.360. The van der Waals surface area contributed by atoms with Crippen LogP contribution in [0.15, 0.2) is 18.2 Å².